The molecule has 0 fully saturated rings. The van der Waals surface area contributed by atoms with Crippen molar-refractivity contribution in [1.82, 2.24) is 10.2 Å². The highest BCUT2D eigenvalue weighted by Crippen LogP contribution is 2.19. The zero-order valence-electron chi connectivity index (χ0n) is 17.7. The van der Waals surface area contributed by atoms with Crippen LogP contribution in [-0.4, -0.2) is 43.5 Å². The van der Waals surface area contributed by atoms with Crippen molar-refractivity contribution in [2.75, 3.05) is 20.8 Å². The van der Waals surface area contributed by atoms with E-state index < -0.39 is 6.04 Å². The summed E-state index contributed by atoms with van der Waals surface area (Å²) in [6, 6.07) is 14.1. The number of hydrogen-bond acceptors (Lipinski definition) is 4. The van der Waals surface area contributed by atoms with E-state index in [9.17, 15) is 9.59 Å². The molecule has 1 atom stereocenters. The van der Waals surface area contributed by atoms with Gasteiger partial charge in [-0.2, -0.15) is 0 Å². The van der Waals surface area contributed by atoms with Gasteiger partial charge < -0.3 is 19.7 Å². The number of carbonyl (C=O) groups excluding carboxylic acids is 2. The normalized spacial score (nSPS) is 11.5. The second kappa shape index (κ2) is 12.1. The minimum Gasteiger partial charge on any atom is -0.497 e. The summed E-state index contributed by atoms with van der Waals surface area (Å²) in [5.41, 5.74) is 0.905. The zero-order valence-corrected chi connectivity index (χ0v) is 18.4. The Kier molecular flexibility index (Phi) is 9.48. The Morgan fingerprint density at radius 3 is 2.50 bits per heavy atom. The minimum absolute atomic E-state index is 0.0898. The lowest BCUT2D eigenvalue weighted by Crippen LogP contribution is -2.48. The topological polar surface area (TPSA) is 67.9 Å². The van der Waals surface area contributed by atoms with Gasteiger partial charge in [0.05, 0.1) is 13.7 Å². The van der Waals surface area contributed by atoms with Gasteiger partial charge >= 0.3 is 0 Å². The minimum atomic E-state index is -0.536. The monoisotopic (exact) mass is 432 g/mol. The van der Waals surface area contributed by atoms with E-state index in [0.29, 0.717) is 42.5 Å². The molecule has 2 amide bonds. The first-order valence-corrected chi connectivity index (χ1v) is 10.4. The van der Waals surface area contributed by atoms with Crippen LogP contribution in [0.1, 0.15) is 31.7 Å². The van der Waals surface area contributed by atoms with Crippen molar-refractivity contribution in [3.05, 3.63) is 59.1 Å². The zero-order chi connectivity index (χ0) is 21.9. The Morgan fingerprint density at radius 2 is 1.87 bits per heavy atom. The maximum atomic E-state index is 13.0. The second-order valence-corrected chi connectivity index (χ2v) is 7.25. The van der Waals surface area contributed by atoms with Crippen molar-refractivity contribution in [2.24, 2.45) is 0 Å². The molecule has 0 saturated heterocycles. The predicted molar refractivity (Wildman–Crippen MR) is 118 cm³/mol. The van der Waals surface area contributed by atoms with Gasteiger partial charge in [0.1, 0.15) is 17.5 Å². The average Bonchev–Trinajstić information content (AvgIpc) is 2.77. The summed E-state index contributed by atoms with van der Waals surface area (Å²) in [5.74, 6) is 1.15. The van der Waals surface area contributed by atoms with E-state index in [-0.39, 0.29) is 18.2 Å². The van der Waals surface area contributed by atoms with Gasteiger partial charge in [0, 0.05) is 25.0 Å². The lowest BCUT2D eigenvalue weighted by atomic mass is 10.1. The molecule has 0 aliphatic rings. The molecule has 0 aliphatic carbocycles. The molecule has 6 nitrogen and oxygen atoms in total. The van der Waals surface area contributed by atoms with Crippen LogP contribution in [0.3, 0.4) is 0 Å². The lowest BCUT2D eigenvalue weighted by molar-refractivity contribution is -0.141. The van der Waals surface area contributed by atoms with Crippen molar-refractivity contribution in [2.45, 2.75) is 38.8 Å². The van der Waals surface area contributed by atoms with Crippen LogP contribution in [0, 0.1) is 0 Å². The van der Waals surface area contributed by atoms with Gasteiger partial charge in [-0.1, -0.05) is 30.7 Å². The summed E-state index contributed by atoms with van der Waals surface area (Å²) in [7, 11) is 3.18. The molecule has 7 heteroatoms. The Morgan fingerprint density at radius 1 is 1.13 bits per heavy atom. The van der Waals surface area contributed by atoms with Crippen LogP contribution in [-0.2, 0) is 16.1 Å². The molecule has 0 heterocycles. The van der Waals surface area contributed by atoms with Crippen LogP contribution in [0.4, 0.5) is 0 Å². The predicted octanol–water partition coefficient (Wildman–Crippen LogP) is 4.06. The van der Waals surface area contributed by atoms with E-state index in [1.54, 1.807) is 43.3 Å². The van der Waals surface area contributed by atoms with Gasteiger partial charge in [0.2, 0.25) is 11.8 Å². The number of benzene rings is 2. The number of nitrogens with one attached hydrogen (secondary N) is 1. The number of ether oxygens (including phenoxy) is 2. The van der Waals surface area contributed by atoms with Crippen molar-refractivity contribution in [1.29, 1.82) is 0 Å². The molecular formula is C23H29ClN2O4. The quantitative estimate of drug-likeness (QED) is 0.544. The van der Waals surface area contributed by atoms with E-state index in [1.807, 2.05) is 31.2 Å². The maximum absolute atomic E-state index is 13.0. The SMILES string of the molecule is CCC(C(=O)NC)N(Cc1cccc(OC)c1)C(=O)CCCOc1ccc(Cl)cc1. The Labute approximate surface area is 183 Å². The number of hydrogen-bond donors (Lipinski definition) is 1. The summed E-state index contributed by atoms with van der Waals surface area (Å²) in [5, 5.41) is 3.30. The van der Waals surface area contributed by atoms with E-state index in [0.717, 1.165) is 5.56 Å². The fraction of sp³-hybridized carbons (Fsp3) is 0.391. The largest absolute Gasteiger partial charge is 0.497 e. The molecule has 0 aromatic heterocycles. The van der Waals surface area contributed by atoms with Gasteiger partial charge in [0.25, 0.3) is 0 Å². The molecule has 0 bridgehead atoms. The molecule has 162 valence electrons. The van der Waals surface area contributed by atoms with Gasteiger partial charge in [-0.05, 0) is 54.8 Å². The number of likely N-dealkylation sites (N-methyl/N-ethyl adjacent to an activating group) is 1. The molecule has 2 aromatic carbocycles. The molecule has 0 spiro atoms. The average molecular weight is 433 g/mol. The highest BCUT2D eigenvalue weighted by atomic mass is 35.5. The Hall–Kier alpha value is -2.73. The highest BCUT2D eigenvalue weighted by molar-refractivity contribution is 6.30. The van der Waals surface area contributed by atoms with Gasteiger partial charge in [-0.15, -0.1) is 0 Å². The van der Waals surface area contributed by atoms with Crippen molar-refractivity contribution < 1.29 is 19.1 Å². The summed E-state index contributed by atoms with van der Waals surface area (Å²) >= 11 is 5.87. The third-order valence-corrected chi connectivity index (χ3v) is 4.99. The third-order valence-electron chi connectivity index (χ3n) is 4.74. The Bertz CT molecular complexity index is 826. The maximum Gasteiger partial charge on any atom is 0.242 e. The number of carbonyl (C=O) groups is 2. The molecule has 0 radical (unpaired) electrons. The van der Waals surface area contributed by atoms with E-state index in [4.69, 9.17) is 21.1 Å². The van der Waals surface area contributed by atoms with Gasteiger partial charge in [0.15, 0.2) is 0 Å². The van der Waals surface area contributed by atoms with Crippen LogP contribution in [0.25, 0.3) is 0 Å². The summed E-state index contributed by atoms with van der Waals surface area (Å²) in [4.78, 5) is 27.0. The fourth-order valence-corrected chi connectivity index (χ4v) is 3.27. The van der Waals surface area contributed by atoms with E-state index >= 15 is 0 Å². The summed E-state index contributed by atoms with van der Waals surface area (Å²) < 4.78 is 10.9. The third kappa shape index (κ3) is 6.95. The number of nitrogens with zero attached hydrogens (tertiary/aromatic N) is 1. The van der Waals surface area contributed by atoms with Crippen molar-refractivity contribution in [3.63, 3.8) is 0 Å². The standard InChI is InChI=1S/C23H29ClN2O4/c1-4-21(23(28)25-2)26(16-17-7-5-8-20(15-17)29-3)22(27)9-6-14-30-19-12-10-18(24)11-13-19/h5,7-8,10-13,15,21H,4,6,9,14,16H2,1-3H3,(H,25,28). The van der Waals surface area contributed by atoms with E-state index in [1.165, 1.54) is 0 Å². The molecule has 30 heavy (non-hydrogen) atoms. The molecule has 1 N–H and O–H groups in total. The molecule has 0 saturated carbocycles. The summed E-state index contributed by atoms with van der Waals surface area (Å²) in [6.07, 6.45) is 1.35. The summed E-state index contributed by atoms with van der Waals surface area (Å²) in [6.45, 7) is 2.63. The van der Waals surface area contributed by atoms with Gasteiger partial charge in [-0.3, -0.25) is 9.59 Å². The van der Waals surface area contributed by atoms with Crippen molar-refractivity contribution >= 4 is 23.4 Å². The smallest absolute Gasteiger partial charge is 0.242 e. The molecule has 2 aromatic rings. The van der Waals surface area contributed by atoms with E-state index in [2.05, 4.69) is 5.32 Å². The molecular weight excluding hydrogens is 404 g/mol. The number of methoxy groups -OCH3 is 1. The highest BCUT2D eigenvalue weighted by Gasteiger charge is 2.27. The number of halogens is 1. The molecule has 0 aliphatic heterocycles. The molecule has 2 rings (SSSR count). The first-order chi connectivity index (χ1) is 14.5. The Balaban J connectivity index is 2.03. The van der Waals surface area contributed by atoms with Gasteiger partial charge in [-0.25, -0.2) is 0 Å². The van der Waals surface area contributed by atoms with Crippen LogP contribution in [0.2, 0.25) is 5.02 Å². The first-order valence-electron chi connectivity index (χ1n) is 10.0. The fourth-order valence-electron chi connectivity index (χ4n) is 3.14. The number of rotatable bonds is 11. The van der Waals surface area contributed by atoms with Crippen molar-refractivity contribution in [3.8, 4) is 11.5 Å². The van der Waals surface area contributed by atoms with Crippen LogP contribution in [0.15, 0.2) is 48.5 Å². The van der Waals surface area contributed by atoms with Crippen LogP contribution < -0.4 is 14.8 Å². The van der Waals surface area contributed by atoms with Crippen LogP contribution in [0.5, 0.6) is 11.5 Å². The number of amides is 2. The lowest BCUT2D eigenvalue weighted by Gasteiger charge is -2.30. The molecule has 1 unspecified atom stereocenters. The first kappa shape index (κ1) is 23.5. The van der Waals surface area contributed by atoms with Crippen LogP contribution >= 0.6 is 11.6 Å². The second-order valence-electron chi connectivity index (χ2n) is 6.82.